The van der Waals surface area contributed by atoms with Gasteiger partial charge in [-0.1, -0.05) is 13.8 Å². The maximum Gasteiger partial charge on any atom is 0.229 e. The van der Waals surface area contributed by atoms with Gasteiger partial charge in [-0.25, -0.2) is 0 Å². The van der Waals surface area contributed by atoms with Crippen molar-refractivity contribution in [2.75, 3.05) is 23.8 Å². The first-order valence-electron chi connectivity index (χ1n) is 6.22. The lowest BCUT2D eigenvalue weighted by molar-refractivity contribution is 0.278. The predicted octanol–water partition coefficient (Wildman–Crippen LogP) is 1.92. The molecule has 0 fully saturated rings. The van der Waals surface area contributed by atoms with Gasteiger partial charge in [-0.05, 0) is 30.9 Å². The van der Waals surface area contributed by atoms with E-state index in [4.69, 9.17) is 16.7 Å². The number of anilines is 2. The van der Waals surface area contributed by atoms with Crippen molar-refractivity contribution in [3.8, 4) is 0 Å². The highest BCUT2D eigenvalue weighted by atomic mass is 35.5. The molecule has 3 N–H and O–H groups in total. The van der Waals surface area contributed by atoms with Gasteiger partial charge in [0.25, 0.3) is 0 Å². The minimum Gasteiger partial charge on any atom is -0.396 e. The summed E-state index contributed by atoms with van der Waals surface area (Å²) in [6.07, 6.45) is 2.51. The molecule has 0 aliphatic heterocycles. The standard InChI is InChI=1S/C11H20ClN5O/c1-3-6-13-10-15-9(12)16-11(17-10)14-8(4-2)5-7-18/h8,18H,3-7H2,1-2H3,(H2,13,14,15,16,17). The highest BCUT2D eigenvalue weighted by Gasteiger charge is 2.09. The number of aliphatic hydroxyl groups is 1. The van der Waals surface area contributed by atoms with Gasteiger partial charge >= 0.3 is 0 Å². The maximum absolute atomic E-state index is 8.94. The molecule has 1 aromatic rings. The topological polar surface area (TPSA) is 83.0 Å². The number of hydrogen-bond donors (Lipinski definition) is 3. The molecule has 102 valence electrons. The van der Waals surface area contributed by atoms with Crippen LogP contribution < -0.4 is 10.6 Å². The van der Waals surface area contributed by atoms with Crippen LogP contribution in [0.1, 0.15) is 33.1 Å². The quantitative estimate of drug-likeness (QED) is 0.671. The molecule has 1 aromatic heterocycles. The summed E-state index contributed by atoms with van der Waals surface area (Å²) in [5.41, 5.74) is 0. The number of nitrogens with zero attached hydrogens (tertiary/aromatic N) is 3. The summed E-state index contributed by atoms with van der Waals surface area (Å²) in [6.45, 7) is 5.01. The Kier molecular flexibility index (Phi) is 6.67. The average molecular weight is 274 g/mol. The molecule has 0 saturated heterocycles. The van der Waals surface area contributed by atoms with Crippen molar-refractivity contribution in [3.63, 3.8) is 0 Å². The minimum atomic E-state index is 0.130. The third-order valence-electron chi connectivity index (χ3n) is 2.44. The Labute approximate surface area is 112 Å². The lowest BCUT2D eigenvalue weighted by atomic mass is 10.2. The van der Waals surface area contributed by atoms with Crippen LogP contribution in [0.2, 0.25) is 5.28 Å². The molecule has 0 aliphatic carbocycles. The summed E-state index contributed by atoms with van der Waals surface area (Å²) in [7, 11) is 0. The van der Waals surface area contributed by atoms with Gasteiger partial charge in [0.15, 0.2) is 0 Å². The van der Waals surface area contributed by atoms with Gasteiger partial charge in [0, 0.05) is 19.2 Å². The smallest absolute Gasteiger partial charge is 0.229 e. The van der Waals surface area contributed by atoms with Gasteiger partial charge in [-0.15, -0.1) is 0 Å². The molecule has 0 radical (unpaired) electrons. The Balaban J connectivity index is 2.71. The summed E-state index contributed by atoms with van der Waals surface area (Å²) in [6, 6.07) is 0.132. The third-order valence-corrected chi connectivity index (χ3v) is 2.61. The first-order chi connectivity index (χ1) is 8.69. The monoisotopic (exact) mass is 273 g/mol. The lowest BCUT2D eigenvalue weighted by Gasteiger charge is -2.16. The summed E-state index contributed by atoms with van der Waals surface area (Å²) in [4.78, 5) is 12.2. The number of aliphatic hydroxyl groups excluding tert-OH is 1. The van der Waals surface area contributed by atoms with Crippen LogP contribution in [0.15, 0.2) is 0 Å². The molecule has 7 heteroatoms. The van der Waals surface area contributed by atoms with E-state index in [1.807, 2.05) is 6.92 Å². The van der Waals surface area contributed by atoms with Crippen LogP contribution in [0, 0.1) is 0 Å². The minimum absolute atomic E-state index is 0.130. The van der Waals surface area contributed by atoms with E-state index in [-0.39, 0.29) is 17.9 Å². The van der Waals surface area contributed by atoms with Crippen molar-refractivity contribution in [1.29, 1.82) is 0 Å². The fourth-order valence-electron chi connectivity index (χ4n) is 1.45. The van der Waals surface area contributed by atoms with Crippen molar-refractivity contribution in [1.82, 2.24) is 15.0 Å². The molecular formula is C11H20ClN5O. The van der Waals surface area contributed by atoms with E-state index in [0.29, 0.717) is 18.3 Å². The van der Waals surface area contributed by atoms with Crippen LogP contribution in [0.25, 0.3) is 0 Å². The number of hydrogen-bond acceptors (Lipinski definition) is 6. The molecule has 0 bridgehead atoms. The van der Waals surface area contributed by atoms with E-state index in [2.05, 4.69) is 32.5 Å². The molecule has 0 amide bonds. The van der Waals surface area contributed by atoms with Crippen molar-refractivity contribution in [3.05, 3.63) is 5.28 Å². The Morgan fingerprint density at radius 3 is 2.56 bits per heavy atom. The summed E-state index contributed by atoms with van der Waals surface area (Å²) in [5.74, 6) is 0.909. The first kappa shape index (κ1) is 14.9. The molecule has 0 spiro atoms. The number of aromatic nitrogens is 3. The van der Waals surface area contributed by atoms with Crippen LogP contribution in [-0.2, 0) is 0 Å². The molecule has 0 aromatic carbocycles. The molecular weight excluding hydrogens is 254 g/mol. The number of halogens is 1. The molecule has 6 nitrogen and oxygen atoms in total. The normalized spacial score (nSPS) is 12.2. The number of nitrogens with one attached hydrogen (secondary N) is 2. The van der Waals surface area contributed by atoms with Crippen molar-refractivity contribution >= 4 is 23.5 Å². The molecule has 1 atom stereocenters. The molecule has 0 saturated carbocycles. The van der Waals surface area contributed by atoms with Gasteiger partial charge in [0.2, 0.25) is 17.2 Å². The van der Waals surface area contributed by atoms with E-state index in [1.165, 1.54) is 0 Å². The van der Waals surface area contributed by atoms with E-state index >= 15 is 0 Å². The van der Waals surface area contributed by atoms with Gasteiger partial charge < -0.3 is 15.7 Å². The SMILES string of the molecule is CCCNc1nc(Cl)nc(NC(CC)CCO)n1. The molecule has 18 heavy (non-hydrogen) atoms. The van der Waals surface area contributed by atoms with Gasteiger partial charge in [-0.3, -0.25) is 0 Å². The average Bonchev–Trinajstić information content (AvgIpc) is 2.35. The molecule has 1 heterocycles. The van der Waals surface area contributed by atoms with Crippen LogP contribution in [-0.4, -0.2) is 39.3 Å². The summed E-state index contributed by atoms with van der Waals surface area (Å²) < 4.78 is 0. The van der Waals surface area contributed by atoms with Crippen molar-refractivity contribution in [2.24, 2.45) is 0 Å². The van der Waals surface area contributed by atoms with E-state index in [9.17, 15) is 0 Å². The van der Waals surface area contributed by atoms with Crippen LogP contribution in [0.4, 0.5) is 11.9 Å². The second-order valence-electron chi connectivity index (χ2n) is 3.94. The van der Waals surface area contributed by atoms with E-state index in [0.717, 1.165) is 19.4 Å². The largest absolute Gasteiger partial charge is 0.396 e. The Hall–Kier alpha value is -1.14. The third kappa shape index (κ3) is 5.01. The zero-order valence-electron chi connectivity index (χ0n) is 10.8. The van der Waals surface area contributed by atoms with Crippen LogP contribution in [0.5, 0.6) is 0 Å². The molecule has 0 aliphatic rings. The lowest BCUT2D eigenvalue weighted by Crippen LogP contribution is -2.22. The Morgan fingerprint density at radius 1 is 1.22 bits per heavy atom. The van der Waals surface area contributed by atoms with Crippen LogP contribution in [0.3, 0.4) is 0 Å². The fraction of sp³-hybridized carbons (Fsp3) is 0.727. The van der Waals surface area contributed by atoms with Gasteiger partial charge in [0.1, 0.15) is 0 Å². The van der Waals surface area contributed by atoms with Gasteiger partial charge in [-0.2, -0.15) is 15.0 Å². The zero-order valence-corrected chi connectivity index (χ0v) is 11.5. The zero-order chi connectivity index (χ0) is 13.4. The first-order valence-corrected chi connectivity index (χ1v) is 6.60. The van der Waals surface area contributed by atoms with Gasteiger partial charge in [0.05, 0.1) is 0 Å². The fourth-order valence-corrected chi connectivity index (χ4v) is 1.61. The second-order valence-corrected chi connectivity index (χ2v) is 4.28. The molecule has 1 unspecified atom stereocenters. The highest BCUT2D eigenvalue weighted by Crippen LogP contribution is 2.12. The molecule has 1 rings (SSSR count). The van der Waals surface area contributed by atoms with Crippen LogP contribution >= 0.6 is 11.6 Å². The van der Waals surface area contributed by atoms with Crippen molar-refractivity contribution < 1.29 is 5.11 Å². The number of rotatable bonds is 8. The van der Waals surface area contributed by atoms with Crippen molar-refractivity contribution in [2.45, 2.75) is 39.2 Å². The summed E-state index contributed by atoms with van der Waals surface area (Å²) >= 11 is 5.84. The highest BCUT2D eigenvalue weighted by molar-refractivity contribution is 6.28. The predicted molar refractivity (Wildman–Crippen MR) is 73.0 cm³/mol. The maximum atomic E-state index is 8.94. The summed E-state index contributed by atoms with van der Waals surface area (Å²) in [5, 5.41) is 15.3. The van der Waals surface area contributed by atoms with E-state index < -0.39 is 0 Å². The Bertz CT molecular complexity index is 363. The Morgan fingerprint density at radius 2 is 1.94 bits per heavy atom. The second kappa shape index (κ2) is 8.05. The van der Waals surface area contributed by atoms with E-state index in [1.54, 1.807) is 0 Å².